The van der Waals surface area contributed by atoms with Gasteiger partial charge in [-0.1, -0.05) is 24.6 Å². The Bertz CT molecular complexity index is 430. The summed E-state index contributed by atoms with van der Waals surface area (Å²) >= 11 is 5.62. The molecule has 1 rings (SSSR count). The number of nitriles is 1. The summed E-state index contributed by atoms with van der Waals surface area (Å²) in [5.74, 6) is -0.588. The Kier molecular flexibility index (Phi) is 3.90. The lowest BCUT2D eigenvalue weighted by Crippen LogP contribution is -2.23. The first-order valence-corrected chi connectivity index (χ1v) is 5.36. The smallest absolute Gasteiger partial charge is 0.130 e. The van der Waals surface area contributed by atoms with Gasteiger partial charge in [0.15, 0.2) is 0 Å². The molecule has 16 heavy (non-hydrogen) atoms. The number of hydrogen-bond donors (Lipinski definition) is 1. The highest BCUT2D eigenvalue weighted by Crippen LogP contribution is 2.37. The van der Waals surface area contributed by atoms with Crippen LogP contribution in [0.3, 0.4) is 0 Å². The maximum absolute atomic E-state index is 13.6. The van der Waals surface area contributed by atoms with Gasteiger partial charge in [-0.15, -0.1) is 0 Å². The zero-order chi connectivity index (χ0) is 12.3. The SMILES string of the molecule is CCC(C)(C#N)C(O)c1ccc(Cl)cc1F. The van der Waals surface area contributed by atoms with Crippen LogP contribution in [0.2, 0.25) is 5.02 Å². The molecule has 0 spiro atoms. The molecular formula is C12H13ClFNO. The Morgan fingerprint density at radius 1 is 1.62 bits per heavy atom. The number of hydrogen-bond acceptors (Lipinski definition) is 2. The summed E-state index contributed by atoms with van der Waals surface area (Å²) in [5.41, 5.74) is -0.885. The highest BCUT2D eigenvalue weighted by molar-refractivity contribution is 6.30. The van der Waals surface area contributed by atoms with E-state index in [0.717, 1.165) is 6.07 Å². The second-order valence-corrected chi connectivity index (χ2v) is 4.39. The Morgan fingerprint density at radius 2 is 2.25 bits per heavy atom. The van der Waals surface area contributed by atoms with E-state index >= 15 is 0 Å². The molecule has 0 aromatic heterocycles. The summed E-state index contributed by atoms with van der Waals surface area (Å²) < 4.78 is 13.6. The van der Waals surface area contributed by atoms with E-state index in [1.54, 1.807) is 13.8 Å². The van der Waals surface area contributed by atoms with Crippen molar-refractivity contribution in [3.63, 3.8) is 0 Å². The van der Waals surface area contributed by atoms with Crippen molar-refractivity contribution in [3.05, 3.63) is 34.6 Å². The summed E-state index contributed by atoms with van der Waals surface area (Å²) in [4.78, 5) is 0. The maximum Gasteiger partial charge on any atom is 0.130 e. The van der Waals surface area contributed by atoms with Gasteiger partial charge in [-0.2, -0.15) is 5.26 Å². The van der Waals surface area contributed by atoms with Crippen LogP contribution in [0.25, 0.3) is 0 Å². The van der Waals surface area contributed by atoms with Crippen molar-refractivity contribution >= 4 is 11.6 Å². The number of aliphatic hydroxyl groups excluding tert-OH is 1. The lowest BCUT2D eigenvalue weighted by atomic mass is 9.80. The molecule has 86 valence electrons. The van der Waals surface area contributed by atoms with Crippen molar-refractivity contribution in [2.24, 2.45) is 5.41 Å². The largest absolute Gasteiger partial charge is 0.387 e. The lowest BCUT2D eigenvalue weighted by molar-refractivity contribution is 0.0689. The topological polar surface area (TPSA) is 44.0 Å². The van der Waals surface area contributed by atoms with Crippen LogP contribution in [0.15, 0.2) is 18.2 Å². The van der Waals surface area contributed by atoms with Gasteiger partial charge in [0, 0.05) is 10.6 Å². The predicted molar refractivity (Wildman–Crippen MR) is 60.4 cm³/mol. The van der Waals surface area contributed by atoms with E-state index in [2.05, 4.69) is 0 Å². The molecule has 2 nitrogen and oxygen atoms in total. The number of nitrogens with zero attached hydrogens (tertiary/aromatic N) is 1. The van der Waals surface area contributed by atoms with E-state index in [4.69, 9.17) is 16.9 Å². The fourth-order valence-corrected chi connectivity index (χ4v) is 1.56. The molecule has 0 heterocycles. The number of halogens is 2. The summed E-state index contributed by atoms with van der Waals surface area (Å²) in [6.45, 7) is 3.38. The van der Waals surface area contributed by atoms with Gasteiger partial charge in [0.1, 0.15) is 11.9 Å². The van der Waals surface area contributed by atoms with Crippen LogP contribution in [-0.4, -0.2) is 5.11 Å². The maximum atomic E-state index is 13.6. The normalized spacial score (nSPS) is 16.2. The molecule has 0 saturated heterocycles. The van der Waals surface area contributed by atoms with E-state index in [-0.39, 0.29) is 10.6 Å². The minimum absolute atomic E-state index is 0.107. The van der Waals surface area contributed by atoms with Crippen molar-refractivity contribution in [1.82, 2.24) is 0 Å². The molecule has 0 fully saturated rings. The zero-order valence-electron chi connectivity index (χ0n) is 9.17. The number of aliphatic hydroxyl groups is 1. The van der Waals surface area contributed by atoms with Crippen molar-refractivity contribution in [3.8, 4) is 6.07 Å². The van der Waals surface area contributed by atoms with Crippen LogP contribution in [0.1, 0.15) is 31.9 Å². The molecule has 0 aliphatic rings. The monoisotopic (exact) mass is 241 g/mol. The number of rotatable bonds is 3. The molecular weight excluding hydrogens is 229 g/mol. The molecule has 0 aliphatic heterocycles. The van der Waals surface area contributed by atoms with Crippen molar-refractivity contribution in [1.29, 1.82) is 5.26 Å². The predicted octanol–water partition coefficient (Wildman–Crippen LogP) is 3.45. The van der Waals surface area contributed by atoms with E-state index in [1.807, 2.05) is 6.07 Å². The average molecular weight is 242 g/mol. The molecule has 2 atom stereocenters. The molecule has 1 N–H and O–H groups in total. The van der Waals surface area contributed by atoms with Crippen molar-refractivity contribution in [2.75, 3.05) is 0 Å². The average Bonchev–Trinajstić information content (AvgIpc) is 2.27. The molecule has 4 heteroatoms. The Hall–Kier alpha value is -1.11. The van der Waals surface area contributed by atoms with Crippen LogP contribution in [-0.2, 0) is 0 Å². The fourth-order valence-electron chi connectivity index (χ4n) is 1.40. The minimum Gasteiger partial charge on any atom is -0.387 e. The van der Waals surface area contributed by atoms with Gasteiger partial charge in [-0.25, -0.2) is 4.39 Å². The van der Waals surface area contributed by atoms with E-state index in [0.29, 0.717) is 6.42 Å². The summed E-state index contributed by atoms with van der Waals surface area (Å²) in [7, 11) is 0. The van der Waals surface area contributed by atoms with Crippen LogP contribution in [0, 0.1) is 22.6 Å². The zero-order valence-corrected chi connectivity index (χ0v) is 9.92. The third-order valence-electron chi connectivity index (χ3n) is 2.85. The van der Waals surface area contributed by atoms with Crippen LogP contribution in [0.5, 0.6) is 0 Å². The minimum atomic E-state index is -1.15. The summed E-state index contributed by atoms with van der Waals surface area (Å²) in [6.07, 6.45) is -0.716. The molecule has 0 radical (unpaired) electrons. The molecule has 0 amide bonds. The van der Waals surface area contributed by atoms with Gasteiger partial charge in [-0.05, 0) is 25.5 Å². The highest BCUT2D eigenvalue weighted by Gasteiger charge is 2.34. The first kappa shape index (κ1) is 13.0. The van der Waals surface area contributed by atoms with E-state index in [1.165, 1.54) is 12.1 Å². The molecule has 1 aromatic rings. The Labute approximate surface area is 99.3 Å². The van der Waals surface area contributed by atoms with Gasteiger partial charge in [0.25, 0.3) is 0 Å². The first-order chi connectivity index (χ1) is 7.44. The highest BCUT2D eigenvalue weighted by atomic mass is 35.5. The Morgan fingerprint density at radius 3 is 2.69 bits per heavy atom. The first-order valence-electron chi connectivity index (χ1n) is 4.99. The van der Waals surface area contributed by atoms with Gasteiger partial charge in [-0.3, -0.25) is 0 Å². The second-order valence-electron chi connectivity index (χ2n) is 3.95. The molecule has 0 saturated carbocycles. The summed E-state index contributed by atoms with van der Waals surface area (Å²) in [5, 5.41) is 19.3. The van der Waals surface area contributed by atoms with Crippen LogP contribution in [0.4, 0.5) is 4.39 Å². The van der Waals surface area contributed by atoms with E-state index in [9.17, 15) is 9.50 Å². The van der Waals surface area contributed by atoms with Gasteiger partial charge in [0.05, 0.1) is 11.5 Å². The second kappa shape index (κ2) is 4.82. The molecule has 2 unspecified atom stereocenters. The third kappa shape index (κ3) is 2.34. The van der Waals surface area contributed by atoms with Gasteiger partial charge in [0.2, 0.25) is 0 Å². The van der Waals surface area contributed by atoms with E-state index < -0.39 is 17.3 Å². The van der Waals surface area contributed by atoms with Crippen molar-refractivity contribution < 1.29 is 9.50 Å². The molecule has 0 aliphatic carbocycles. The third-order valence-corrected chi connectivity index (χ3v) is 3.09. The number of benzene rings is 1. The van der Waals surface area contributed by atoms with Crippen LogP contribution >= 0.6 is 11.6 Å². The quantitative estimate of drug-likeness (QED) is 0.881. The lowest BCUT2D eigenvalue weighted by Gasteiger charge is -2.26. The summed E-state index contributed by atoms with van der Waals surface area (Å²) in [6, 6.07) is 6.06. The van der Waals surface area contributed by atoms with Gasteiger partial charge < -0.3 is 5.11 Å². The van der Waals surface area contributed by atoms with Crippen LogP contribution < -0.4 is 0 Å². The molecule has 1 aromatic carbocycles. The van der Waals surface area contributed by atoms with Crippen molar-refractivity contribution in [2.45, 2.75) is 26.4 Å². The van der Waals surface area contributed by atoms with Gasteiger partial charge >= 0.3 is 0 Å². The Balaban J connectivity index is 3.15. The fraction of sp³-hybridized carbons (Fsp3) is 0.417. The molecule has 0 bridgehead atoms. The standard InChI is InChI=1S/C12H13ClFNO/c1-3-12(2,7-15)11(16)9-5-4-8(13)6-10(9)14/h4-6,11,16H,3H2,1-2H3.